The molecule has 1 aliphatic rings. The molecule has 1 aromatic heterocycles. The average Bonchev–Trinajstić information content (AvgIpc) is 2.90. The molecule has 1 aromatic carbocycles. The van der Waals surface area contributed by atoms with Crippen LogP contribution >= 0.6 is 0 Å². The summed E-state index contributed by atoms with van der Waals surface area (Å²) in [6.07, 6.45) is 4.76. The van der Waals surface area contributed by atoms with Gasteiger partial charge in [0.05, 0.1) is 6.04 Å². The van der Waals surface area contributed by atoms with E-state index in [1.807, 2.05) is 29.8 Å². The zero-order valence-corrected chi connectivity index (χ0v) is 13.0. The fourth-order valence-electron chi connectivity index (χ4n) is 3.28. The third-order valence-electron chi connectivity index (χ3n) is 4.56. The van der Waals surface area contributed by atoms with Gasteiger partial charge in [0.1, 0.15) is 0 Å². The Labute approximate surface area is 125 Å². The van der Waals surface area contributed by atoms with Gasteiger partial charge in [-0.15, -0.1) is 5.10 Å². The standard InChI is InChI=1S/C16H23N5/c1-11-6-7-12(9-14(11)17)15-18-19-20-21(15)13-5-4-8-16(2,3)10-13/h6-7,9,13H,4-5,8,10,17H2,1-3H3. The van der Waals surface area contributed by atoms with Crippen molar-refractivity contribution in [1.82, 2.24) is 20.2 Å². The molecular formula is C16H23N5. The summed E-state index contributed by atoms with van der Waals surface area (Å²) in [7, 11) is 0. The Morgan fingerprint density at radius 1 is 1.33 bits per heavy atom. The van der Waals surface area contributed by atoms with Gasteiger partial charge in [0.25, 0.3) is 0 Å². The predicted octanol–water partition coefficient (Wildman–Crippen LogP) is 3.37. The van der Waals surface area contributed by atoms with Gasteiger partial charge in [-0.3, -0.25) is 0 Å². The molecule has 1 aliphatic carbocycles. The van der Waals surface area contributed by atoms with Crippen molar-refractivity contribution in [2.75, 3.05) is 5.73 Å². The van der Waals surface area contributed by atoms with Crippen molar-refractivity contribution in [2.45, 2.75) is 52.5 Å². The largest absolute Gasteiger partial charge is 0.398 e. The van der Waals surface area contributed by atoms with E-state index in [9.17, 15) is 0 Å². The van der Waals surface area contributed by atoms with Crippen LogP contribution in [0.5, 0.6) is 0 Å². The maximum atomic E-state index is 6.02. The summed E-state index contributed by atoms with van der Waals surface area (Å²) < 4.78 is 1.99. The van der Waals surface area contributed by atoms with Crippen molar-refractivity contribution >= 4 is 5.69 Å². The minimum Gasteiger partial charge on any atom is -0.398 e. The van der Waals surface area contributed by atoms with Gasteiger partial charge in [0, 0.05) is 11.3 Å². The number of aromatic nitrogens is 4. The lowest BCUT2D eigenvalue weighted by molar-refractivity contribution is 0.174. The number of nitrogens with two attached hydrogens (primary N) is 1. The number of nitrogen functional groups attached to an aromatic ring is 1. The second-order valence-electron chi connectivity index (χ2n) is 6.93. The van der Waals surface area contributed by atoms with Crippen molar-refractivity contribution in [3.63, 3.8) is 0 Å². The van der Waals surface area contributed by atoms with Crippen molar-refractivity contribution in [3.8, 4) is 11.4 Å². The molecule has 0 bridgehead atoms. The third kappa shape index (κ3) is 2.77. The third-order valence-corrected chi connectivity index (χ3v) is 4.56. The molecule has 2 N–H and O–H groups in total. The highest BCUT2D eigenvalue weighted by Crippen LogP contribution is 2.41. The predicted molar refractivity (Wildman–Crippen MR) is 83.7 cm³/mol. The van der Waals surface area contributed by atoms with Crippen LogP contribution in [0.4, 0.5) is 5.69 Å². The van der Waals surface area contributed by atoms with Crippen molar-refractivity contribution < 1.29 is 0 Å². The monoisotopic (exact) mass is 285 g/mol. The first-order valence-electron chi connectivity index (χ1n) is 7.61. The van der Waals surface area contributed by atoms with Crippen LogP contribution < -0.4 is 5.73 Å². The van der Waals surface area contributed by atoms with Crippen LogP contribution in [0.3, 0.4) is 0 Å². The normalized spacial score (nSPS) is 21.4. The van der Waals surface area contributed by atoms with Gasteiger partial charge < -0.3 is 5.73 Å². The Balaban J connectivity index is 1.95. The number of hydrogen-bond acceptors (Lipinski definition) is 4. The summed E-state index contributed by atoms with van der Waals surface area (Å²) in [5, 5.41) is 12.4. The fraction of sp³-hybridized carbons (Fsp3) is 0.562. The number of aryl methyl sites for hydroxylation is 1. The minimum atomic E-state index is 0.360. The van der Waals surface area contributed by atoms with Crippen LogP contribution in [0.15, 0.2) is 18.2 Å². The van der Waals surface area contributed by atoms with Crippen LogP contribution in [0, 0.1) is 12.3 Å². The lowest BCUT2D eigenvalue weighted by atomic mass is 9.75. The number of benzene rings is 1. The zero-order chi connectivity index (χ0) is 15.0. The average molecular weight is 285 g/mol. The van der Waals surface area contributed by atoms with Gasteiger partial charge >= 0.3 is 0 Å². The molecule has 21 heavy (non-hydrogen) atoms. The number of rotatable bonds is 2. The second-order valence-corrected chi connectivity index (χ2v) is 6.93. The van der Waals surface area contributed by atoms with Gasteiger partial charge in [-0.05, 0) is 53.7 Å². The van der Waals surface area contributed by atoms with Crippen LogP contribution in [-0.2, 0) is 0 Å². The molecule has 0 amide bonds. The van der Waals surface area contributed by atoms with Gasteiger partial charge in [-0.25, -0.2) is 4.68 Å². The molecule has 0 aliphatic heterocycles. The van der Waals surface area contributed by atoms with E-state index in [1.54, 1.807) is 0 Å². The highest BCUT2D eigenvalue weighted by molar-refractivity contribution is 5.63. The first-order chi connectivity index (χ1) is 9.96. The Hall–Kier alpha value is -1.91. The molecule has 2 aromatic rings. The first-order valence-corrected chi connectivity index (χ1v) is 7.61. The summed E-state index contributed by atoms with van der Waals surface area (Å²) in [5.74, 6) is 0.824. The maximum Gasteiger partial charge on any atom is 0.182 e. The molecule has 5 nitrogen and oxygen atoms in total. The topological polar surface area (TPSA) is 69.6 Å². The van der Waals surface area contributed by atoms with E-state index < -0.39 is 0 Å². The van der Waals surface area contributed by atoms with E-state index in [0.29, 0.717) is 11.5 Å². The molecule has 1 fully saturated rings. The molecule has 1 atom stereocenters. The van der Waals surface area contributed by atoms with E-state index in [1.165, 1.54) is 12.8 Å². The van der Waals surface area contributed by atoms with Gasteiger partial charge in [-0.2, -0.15) is 0 Å². The first kappa shape index (κ1) is 14.0. The van der Waals surface area contributed by atoms with Crippen LogP contribution in [0.25, 0.3) is 11.4 Å². The van der Waals surface area contributed by atoms with Gasteiger partial charge in [-0.1, -0.05) is 32.4 Å². The highest BCUT2D eigenvalue weighted by atomic mass is 15.5. The molecule has 1 heterocycles. The van der Waals surface area contributed by atoms with Crippen molar-refractivity contribution in [2.24, 2.45) is 5.41 Å². The molecule has 0 saturated heterocycles. The van der Waals surface area contributed by atoms with Crippen LogP contribution in [0.2, 0.25) is 0 Å². The SMILES string of the molecule is Cc1ccc(-c2nnnn2C2CCCC(C)(C)C2)cc1N. The van der Waals surface area contributed by atoms with E-state index in [2.05, 4.69) is 29.4 Å². The molecule has 1 saturated carbocycles. The maximum absolute atomic E-state index is 6.02. The highest BCUT2D eigenvalue weighted by Gasteiger charge is 2.31. The second kappa shape index (κ2) is 5.13. The molecular weight excluding hydrogens is 262 g/mol. The van der Waals surface area contributed by atoms with E-state index in [-0.39, 0.29) is 0 Å². The summed E-state index contributed by atoms with van der Waals surface area (Å²) in [5.41, 5.74) is 9.24. The molecule has 0 spiro atoms. The van der Waals surface area contributed by atoms with Crippen molar-refractivity contribution in [1.29, 1.82) is 0 Å². The smallest absolute Gasteiger partial charge is 0.182 e. The van der Waals surface area contributed by atoms with Gasteiger partial charge in [0.2, 0.25) is 0 Å². The molecule has 112 valence electrons. The fourth-order valence-corrected chi connectivity index (χ4v) is 3.28. The van der Waals surface area contributed by atoms with Crippen LogP contribution in [-0.4, -0.2) is 20.2 Å². The quantitative estimate of drug-likeness (QED) is 0.859. The Morgan fingerprint density at radius 2 is 2.14 bits per heavy atom. The lowest BCUT2D eigenvalue weighted by Gasteiger charge is -2.35. The summed E-state index contributed by atoms with van der Waals surface area (Å²) >= 11 is 0. The number of nitrogens with zero attached hydrogens (tertiary/aromatic N) is 4. The number of anilines is 1. The van der Waals surface area contributed by atoms with Crippen LogP contribution in [0.1, 0.15) is 51.1 Å². The summed E-state index contributed by atoms with van der Waals surface area (Å²) in [6.45, 7) is 6.66. The van der Waals surface area contributed by atoms with Crippen molar-refractivity contribution in [3.05, 3.63) is 23.8 Å². The summed E-state index contributed by atoms with van der Waals surface area (Å²) in [6, 6.07) is 6.41. The molecule has 5 heteroatoms. The summed E-state index contributed by atoms with van der Waals surface area (Å²) in [4.78, 5) is 0. The molecule has 1 unspecified atom stereocenters. The Morgan fingerprint density at radius 3 is 2.86 bits per heavy atom. The minimum absolute atomic E-state index is 0.360. The lowest BCUT2D eigenvalue weighted by Crippen LogP contribution is -2.26. The zero-order valence-electron chi connectivity index (χ0n) is 13.0. The van der Waals surface area contributed by atoms with E-state index in [4.69, 9.17) is 5.73 Å². The number of hydrogen-bond donors (Lipinski definition) is 1. The Bertz CT molecular complexity index is 644. The Kier molecular flexibility index (Phi) is 3.43. The van der Waals surface area contributed by atoms with E-state index >= 15 is 0 Å². The number of tetrazole rings is 1. The molecule has 3 rings (SSSR count). The molecule has 0 radical (unpaired) electrons. The van der Waals surface area contributed by atoms with Gasteiger partial charge in [0.15, 0.2) is 5.82 Å². The van der Waals surface area contributed by atoms with E-state index in [0.717, 1.165) is 35.5 Å².